The minimum absolute atomic E-state index is 0.253. The van der Waals surface area contributed by atoms with E-state index in [0.29, 0.717) is 31.9 Å². The van der Waals surface area contributed by atoms with Gasteiger partial charge in [0.25, 0.3) is 0 Å². The highest BCUT2D eigenvalue weighted by Gasteiger charge is 2.31. The number of hydrogen-bond acceptors (Lipinski definition) is 6. The number of carboxylic acids is 1. The lowest BCUT2D eigenvalue weighted by Crippen LogP contribution is -2.48. The topological polar surface area (TPSA) is 112 Å². The first-order chi connectivity index (χ1) is 9.90. The molecule has 0 aliphatic carbocycles. The summed E-state index contributed by atoms with van der Waals surface area (Å²) in [5.41, 5.74) is 0. The maximum atomic E-state index is 11.9. The highest BCUT2D eigenvalue weighted by atomic mass is 32.2. The number of sulfonamides is 1. The summed E-state index contributed by atoms with van der Waals surface area (Å²) < 4.78 is 26.2. The van der Waals surface area contributed by atoms with Crippen molar-refractivity contribution in [1.29, 1.82) is 0 Å². The molecule has 1 aromatic rings. The lowest BCUT2D eigenvalue weighted by molar-refractivity contribution is -0.136. The van der Waals surface area contributed by atoms with Crippen LogP contribution in [-0.2, 0) is 14.8 Å². The lowest BCUT2D eigenvalue weighted by atomic mass is 10.1. The number of anilines is 1. The van der Waals surface area contributed by atoms with Gasteiger partial charge < -0.3 is 10.0 Å². The van der Waals surface area contributed by atoms with Crippen LogP contribution in [0.4, 0.5) is 5.95 Å². The fraction of sp³-hybridized carbons (Fsp3) is 0.583. The van der Waals surface area contributed by atoms with Crippen LogP contribution in [0.25, 0.3) is 0 Å². The number of hydrogen-bond donors (Lipinski definition) is 2. The SMILES string of the molecule is CC(C(=O)O)S(=O)(=O)NC1CCN(c2ncccn2)CC1. The van der Waals surface area contributed by atoms with Crippen LogP contribution in [0.1, 0.15) is 19.8 Å². The number of carbonyl (C=O) groups is 1. The van der Waals surface area contributed by atoms with E-state index in [9.17, 15) is 13.2 Å². The molecule has 21 heavy (non-hydrogen) atoms. The van der Waals surface area contributed by atoms with E-state index in [1.54, 1.807) is 18.5 Å². The number of nitrogens with zero attached hydrogens (tertiary/aromatic N) is 3. The highest BCUT2D eigenvalue weighted by Crippen LogP contribution is 2.16. The second kappa shape index (κ2) is 6.35. The Bertz CT molecular complexity index is 585. The van der Waals surface area contributed by atoms with Gasteiger partial charge in [0, 0.05) is 31.5 Å². The van der Waals surface area contributed by atoms with E-state index in [2.05, 4.69) is 14.7 Å². The van der Waals surface area contributed by atoms with Crippen molar-refractivity contribution in [2.75, 3.05) is 18.0 Å². The number of nitrogens with one attached hydrogen (secondary N) is 1. The highest BCUT2D eigenvalue weighted by molar-refractivity contribution is 7.90. The third-order valence-corrected chi connectivity index (χ3v) is 5.27. The van der Waals surface area contributed by atoms with Gasteiger partial charge in [-0.1, -0.05) is 0 Å². The van der Waals surface area contributed by atoms with Crippen molar-refractivity contribution in [2.24, 2.45) is 0 Å². The third kappa shape index (κ3) is 3.88. The van der Waals surface area contributed by atoms with Crippen LogP contribution in [0.2, 0.25) is 0 Å². The normalized spacial score (nSPS) is 18.4. The number of rotatable bonds is 5. The first-order valence-corrected chi connectivity index (χ1v) is 8.20. The molecule has 0 amide bonds. The Labute approximate surface area is 123 Å². The zero-order valence-corrected chi connectivity index (χ0v) is 12.5. The molecule has 1 fully saturated rings. The zero-order chi connectivity index (χ0) is 15.5. The van der Waals surface area contributed by atoms with Crippen molar-refractivity contribution in [3.05, 3.63) is 18.5 Å². The maximum absolute atomic E-state index is 11.9. The molecule has 0 saturated carbocycles. The molecule has 1 aromatic heterocycles. The molecular weight excluding hydrogens is 296 g/mol. The average molecular weight is 314 g/mol. The summed E-state index contributed by atoms with van der Waals surface area (Å²) in [4.78, 5) is 21.1. The van der Waals surface area contributed by atoms with Gasteiger partial charge in [-0.2, -0.15) is 0 Å². The van der Waals surface area contributed by atoms with Crippen LogP contribution in [-0.4, -0.2) is 53.8 Å². The third-order valence-electron chi connectivity index (χ3n) is 3.47. The molecule has 1 atom stereocenters. The van der Waals surface area contributed by atoms with Gasteiger partial charge in [0.1, 0.15) is 0 Å². The second-order valence-electron chi connectivity index (χ2n) is 4.95. The first-order valence-electron chi connectivity index (χ1n) is 6.66. The van der Waals surface area contributed by atoms with E-state index in [1.165, 1.54) is 0 Å². The van der Waals surface area contributed by atoms with Gasteiger partial charge in [0.05, 0.1) is 0 Å². The van der Waals surface area contributed by atoms with Crippen molar-refractivity contribution in [2.45, 2.75) is 31.1 Å². The molecule has 0 spiro atoms. The molecule has 0 radical (unpaired) electrons. The van der Waals surface area contributed by atoms with Crippen LogP contribution in [0, 0.1) is 0 Å². The van der Waals surface area contributed by atoms with Crippen molar-refractivity contribution >= 4 is 21.9 Å². The van der Waals surface area contributed by atoms with Crippen LogP contribution in [0.15, 0.2) is 18.5 Å². The van der Waals surface area contributed by atoms with E-state index in [1.807, 2.05) is 4.90 Å². The standard InChI is InChI=1S/C12H18N4O4S/c1-9(11(17)18)21(19,20)15-10-3-7-16(8-4-10)12-13-5-2-6-14-12/h2,5-6,9-10,15H,3-4,7-8H2,1H3,(H,17,18). The summed E-state index contributed by atoms with van der Waals surface area (Å²) >= 11 is 0. The second-order valence-corrected chi connectivity index (χ2v) is 6.99. The minimum atomic E-state index is -3.84. The van der Waals surface area contributed by atoms with Gasteiger partial charge in [0.2, 0.25) is 16.0 Å². The Morgan fingerprint density at radius 1 is 1.38 bits per heavy atom. The Hall–Kier alpha value is -1.74. The summed E-state index contributed by atoms with van der Waals surface area (Å²) in [5.74, 6) is -0.727. The number of aliphatic carboxylic acids is 1. The average Bonchev–Trinajstić information content (AvgIpc) is 2.47. The fourth-order valence-electron chi connectivity index (χ4n) is 2.12. The summed E-state index contributed by atoms with van der Waals surface area (Å²) in [5, 5.41) is 7.34. The molecule has 9 heteroatoms. The molecule has 1 saturated heterocycles. The van der Waals surface area contributed by atoms with E-state index in [-0.39, 0.29) is 6.04 Å². The van der Waals surface area contributed by atoms with Crippen LogP contribution in [0.5, 0.6) is 0 Å². The van der Waals surface area contributed by atoms with Gasteiger partial charge in [-0.05, 0) is 25.8 Å². The molecule has 2 heterocycles. The summed E-state index contributed by atoms with van der Waals surface area (Å²) in [6.45, 7) is 2.41. The van der Waals surface area contributed by atoms with Crippen molar-refractivity contribution in [3.63, 3.8) is 0 Å². The van der Waals surface area contributed by atoms with E-state index in [0.717, 1.165) is 6.92 Å². The van der Waals surface area contributed by atoms with Crippen molar-refractivity contribution in [1.82, 2.24) is 14.7 Å². The van der Waals surface area contributed by atoms with Crippen molar-refractivity contribution in [3.8, 4) is 0 Å². The molecule has 8 nitrogen and oxygen atoms in total. The van der Waals surface area contributed by atoms with E-state index < -0.39 is 21.2 Å². The molecule has 1 unspecified atom stereocenters. The molecular formula is C12H18N4O4S. The predicted octanol–water partition coefficient (Wildman–Crippen LogP) is -0.162. The van der Waals surface area contributed by atoms with Gasteiger partial charge >= 0.3 is 5.97 Å². The fourth-order valence-corrected chi connectivity index (χ4v) is 3.29. The monoisotopic (exact) mass is 314 g/mol. The molecule has 0 aromatic carbocycles. The Morgan fingerprint density at radius 2 is 1.95 bits per heavy atom. The number of carboxylic acid groups (broad SMARTS) is 1. The molecule has 2 N–H and O–H groups in total. The van der Waals surface area contributed by atoms with Crippen molar-refractivity contribution < 1.29 is 18.3 Å². The first kappa shape index (κ1) is 15.6. The quantitative estimate of drug-likeness (QED) is 0.776. The van der Waals surface area contributed by atoms with Crippen LogP contribution in [0.3, 0.4) is 0 Å². The molecule has 1 aliphatic heterocycles. The maximum Gasteiger partial charge on any atom is 0.323 e. The molecule has 116 valence electrons. The van der Waals surface area contributed by atoms with Crippen LogP contribution < -0.4 is 9.62 Å². The largest absolute Gasteiger partial charge is 0.480 e. The molecule has 0 bridgehead atoms. The van der Waals surface area contributed by atoms with Gasteiger partial charge in [-0.25, -0.2) is 23.1 Å². The van der Waals surface area contributed by atoms with Gasteiger partial charge in [-0.3, -0.25) is 4.79 Å². The van der Waals surface area contributed by atoms with Crippen LogP contribution >= 0.6 is 0 Å². The Kier molecular flexibility index (Phi) is 4.73. The predicted molar refractivity (Wildman–Crippen MR) is 76.4 cm³/mol. The Morgan fingerprint density at radius 3 is 2.48 bits per heavy atom. The van der Waals surface area contributed by atoms with E-state index >= 15 is 0 Å². The molecule has 1 aliphatic rings. The lowest BCUT2D eigenvalue weighted by Gasteiger charge is -2.32. The number of aromatic nitrogens is 2. The van der Waals surface area contributed by atoms with Gasteiger partial charge in [-0.15, -0.1) is 0 Å². The summed E-state index contributed by atoms with van der Waals surface area (Å²) in [6, 6.07) is 1.48. The Balaban J connectivity index is 1.91. The summed E-state index contributed by atoms with van der Waals surface area (Å²) in [6.07, 6.45) is 4.49. The van der Waals surface area contributed by atoms with Gasteiger partial charge in [0.15, 0.2) is 5.25 Å². The summed E-state index contributed by atoms with van der Waals surface area (Å²) in [7, 11) is -3.84. The number of piperidine rings is 1. The smallest absolute Gasteiger partial charge is 0.323 e. The molecule has 2 rings (SSSR count). The minimum Gasteiger partial charge on any atom is -0.480 e. The zero-order valence-electron chi connectivity index (χ0n) is 11.6. The van der Waals surface area contributed by atoms with E-state index in [4.69, 9.17) is 5.11 Å².